The summed E-state index contributed by atoms with van der Waals surface area (Å²) in [7, 11) is 0. The lowest BCUT2D eigenvalue weighted by molar-refractivity contribution is -0.131. The lowest BCUT2D eigenvalue weighted by atomic mass is 9.65. The number of hydrogen-bond acceptors (Lipinski definition) is 1. The molecular formula is C13H23NO. The second kappa shape index (κ2) is 4.15. The SMILES string of the molecule is CC1CCC(C2(C(N)=O)CCCC2)CC1. The van der Waals surface area contributed by atoms with Crippen LogP contribution in [0.25, 0.3) is 0 Å². The third-order valence-corrected chi connectivity index (χ3v) is 4.78. The maximum absolute atomic E-state index is 11.7. The van der Waals surface area contributed by atoms with Crippen LogP contribution in [0.3, 0.4) is 0 Å². The molecule has 0 atom stereocenters. The minimum atomic E-state index is -0.111. The van der Waals surface area contributed by atoms with E-state index in [1.807, 2.05) is 0 Å². The minimum Gasteiger partial charge on any atom is -0.369 e. The minimum absolute atomic E-state index is 0.0143. The molecule has 2 rings (SSSR count). The largest absolute Gasteiger partial charge is 0.369 e. The van der Waals surface area contributed by atoms with Gasteiger partial charge in [-0.2, -0.15) is 0 Å². The maximum Gasteiger partial charge on any atom is 0.223 e. The molecule has 2 nitrogen and oxygen atoms in total. The molecular weight excluding hydrogens is 186 g/mol. The standard InChI is InChI=1S/C13H23NO/c1-10-4-6-11(7-5-10)13(12(14)15)8-2-3-9-13/h10-11H,2-9H2,1H3,(H2,14,15). The monoisotopic (exact) mass is 209 g/mol. The first-order valence-corrected chi connectivity index (χ1v) is 6.45. The van der Waals surface area contributed by atoms with Crippen molar-refractivity contribution in [1.82, 2.24) is 0 Å². The highest BCUT2D eigenvalue weighted by Crippen LogP contribution is 2.50. The molecule has 0 bridgehead atoms. The molecule has 15 heavy (non-hydrogen) atoms. The van der Waals surface area contributed by atoms with Gasteiger partial charge >= 0.3 is 0 Å². The fourth-order valence-electron chi connectivity index (χ4n) is 3.67. The third-order valence-electron chi connectivity index (χ3n) is 4.78. The Balaban J connectivity index is 2.08. The maximum atomic E-state index is 11.7. The zero-order chi connectivity index (χ0) is 10.9. The Hall–Kier alpha value is -0.530. The van der Waals surface area contributed by atoms with Gasteiger partial charge < -0.3 is 5.73 Å². The van der Waals surface area contributed by atoms with Crippen molar-refractivity contribution >= 4 is 5.91 Å². The van der Waals surface area contributed by atoms with Gasteiger partial charge in [0.05, 0.1) is 5.41 Å². The molecule has 0 aliphatic heterocycles. The van der Waals surface area contributed by atoms with E-state index in [9.17, 15) is 4.79 Å². The van der Waals surface area contributed by atoms with Gasteiger partial charge in [0.15, 0.2) is 0 Å². The van der Waals surface area contributed by atoms with Gasteiger partial charge in [0, 0.05) is 0 Å². The highest BCUT2D eigenvalue weighted by atomic mass is 16.1. The second-order valence-electron chi connectivity index (χ2n) is 5.68. The Morgan fingerprint density at radius 2 is 1.67 bits per heavy atom. The van der Waals surface area contributed by atoms with E-state index in [1.54, 1.807) is 0 Å². The molecule has 2 fully saturated rings. The summed E-state index contributed by atoms with van der Waals surface area (Å²) >= 11 is 0. The van der Waals surface area contributed by atoms with Crippen LogP contribution < -0.4 is 5.73 Å². The molecule has 2 aliphatic rings. The first kappa shape index (κ1) is 11.0. The summed E-state index contributed by atoms with van der Waals surface area (Å²) in [6.45, 7) is 2.32. The smallest absolute Gasteiger partial charge is 0.223 e. The van der Waals surface area contributed by atoms with Crippen molar-refractivity contribution in [3.8, 4) is 0 Å². The van der Waals surface area contributed by atoms with Crippen LogP contribution in [0.2, 0.25) is 0 Å². The quantitative estimate of drug-likeness (QED) is 0.746. The molecule has 0 spiro atoms. The molecule has 2 aliphatic carbocycles. The van der Waals surface area contributed by atoms with Crippen LogP contribution in [0.15, 0.2) is 0 Å². The predicted octanol–water partition coefficient (Wildman–Crippen LogP) is 2.86. The summed E-state index contributed by atoms with van der Waals surface area (Å²) in [5, 5.41) is 0. The van der Waals surface area contributed by atoms with Crippen molar-refractivity contribution in [1.29, 1.82) is 0 Å². The Kier molecular flexibility index (Phi) is 3.03. The molecule has 0 saturated heterocycles. The van der Waals surface area contributed by atoms with Crippen LogP contribution in [0.1, 0.15) is 58.3 Å². The Bertz CT molecular complexity index is 235. The molecule has 1 amide bonds. The molecule has 0 heterocycles. The molecule has 0 radical (unpaired) electrons. The summed E-state index contributed by atoms with van der Waals surface area (Å²) in [5.41, 5.74) is 5.55. The van der Waals surface area contributed by atoms with Crippen LogP contribution in [0.5, 0.6) is 0 Å². The Morgan fingerprint density at radius 3 is 2.13 bits per heavy atom. The van der Waals surface area contributed by atoms with Crippen LogP contribution in [-0.4, -0.2) is 5.91 Å². The van der Waals surface area contributed by atoms with Crippen LogP contribution in [0.4, 0.5) is 0 Å². The molecule has 0 unspecified atom stereocenters. The van der Waals surface area contributed by atoms with Gasteiger partial charge in [0.2, 0.25) is 5.91 Å². The molecule has 86 valence electrons. The normalized spacial score (nSPS) is 35.3. The average molecular weight is 209 g/mol. The van der Waals surface area contributed by atoms with Gasteiger partial charge in [-0.1, -0.05) is 32.6 Å². The number of carbonyl (C=O) groups is 1. The van der Waals surface area contributed by atoms with E-state index >= 15 is 0 Å². The first-order chi connectivity index (χ1) is 7.15. The topological polar surface area (TPSA) is 43.1 Å². The number of carbonyl (C=O) groups excluding carboxylic acids is 1. The van der Waals surface area contributed by atoms with Crippen molar-refractivity contribution in [3.05, 3.63) is 0 Å². The molecule has 2 N–H and O–H groups in total. The van der Waals surface area contributed by atoms with Crippen molar-refractivity contribution in [2.45, 2.75) is 58.3 Å². The second-order valence-corrected chi connectivity index (χ2v) is 5.68. The van der Waals surface area contributed by atoms with Crippen molar-refractivity contribution < 1.29 is 4.79 Å². The third kappa shape index (κ3) is 1.91. The Labute approximate surface area is 92.6 Å². The summed E-state index contributed by atoms with van der Waals surface area (Å²) in [6.07, 6.45) is 9.56. The van der Waals surface area contributed by atoms with E-state index in [2.05, 4.69) is 6.92 Å². The fourth-order valence-corrected chi connectivity index (χ4v) is 3.67. The zero-order valence-electron chi connectivity index (χ0n) is 9.80. The van der Waals surface area contributed by atoms with Crippen molar-refractivity contribution in [2.24, 2.45) is 23.0 Å². The number of amides is 1. The zero-order valence-corrected chi connectivity index (χ0v) is 9.80. The molecule has 0 aromatic rings. The fraction of sp³-hybridized carbons (Fsp3) is 0.923. The van der Waals surface area contributed by atoms with Gasteiger partial charge in [-0.15, -0.1) is 0 Å². The van der Waals surface area contributed by atoms with Crippen LogP contribution in [-0.2, 0) is 4.79 Å². The number of nitrogens with two attached hydrogens (primary N) is 1. The highest BCUT2D eigenvalue weighted by Gasteiger charge is 2.46. The summed E-state index contributed by atoms with van der Waals surface area (Å²) in [4.78, 5) is 11.7. The molecule has 2 heteroatoms. The van der Waals surface area contributed by atoms with E-state index in [4.69, 9.17) is 5.73 Å². The van der Waals surface area contributed by atoms with Gasteiger partial charge in [0.25, 0.3) is 0 Å². The van der Waals surface area contributed by atoms with Gasteiger partial charge in [-0.25, -0.2) is 0 Å². The summed E-state index contributed by atoms with van der Waals surface area (Å²) < 4.78 is 0. The highest BCUT2D eigenvalue weighted by molar-refractivity contribution is 5.81. The van der Waals surface area contributed by atoms with E-state index in [-0.39, 0.29) is 11.3 Å². The van der Waals surface area contributed by atoms with Crippen molar-refractivity contribution in [2.75, 3.05) is 0 Å². The predicted molar refractivity (Wildman–Crippen MR) is 61.2 cm³/mol. The number of primary amides is 1. The van der Waals surface area contributed by atoms with Crippen LogP contribution >= 0.6 is 0 Å². The van der Waals surface area contributed by atoms with E-state index in [1.165, 1.54) is 38.5 Å². The summed E-state index contributed by atoms with van der Waals surface area (Å²) in [6, 6.07) is 0. The lowest BCUT2D eigenvalue weighted by Crippen LogP contribution is -2.42. The lowest BCUT2D eigenvalue weighted by Gasteiger charge is -2.38. The summed E-state index contributed by atoms with van der Waals surface area (Å²) in [5.74, 6) is 1.43. The average Bonchev–Trinajstić information content (AvgIpc) is 2.69. The number of rotatable bonds is 2. The van der Waals surface area contributed by atoms with E-state index in [0.29, 0.717) is 5.92 Å². The van der Waals surface area contributed by atoms with Gasteiger partial charge in [-0.3, -0.25) is 4.79 Å². The first-order valence-electron chi connectivity index (χ1n) is 6.45. The van der Waals surface area contributed by atoms with Gasteiger partial charge in [0.1, 0.15) is 0 Å². The number of hydrogen-bond donors (Lipinski definition) is 1. The molecule has 0 aromatic carbocycles. The molecule has 2 saturated carbocycles. The van der Waals surface area contributed by atoms with Crippen LogP contribution in [0, 0.1) is 17.3 Å². The Morgan fingerprint density at radius 1 is 1.13 bits per heavy atom. The van der Waals surface area contributed by atoms with Gasteiger partial charge in [-0.05, 0) is 37.5 Å². The van der Waals surface area contributed by atoms with Crippen molar-refractivity contribution in [3.63, 3.8) is 0 Å². The molecule has 0 aromatic heterocycles. The van der Waals surface area contributed by atoms with E-state index in [0.717, 1.165) is 18.8 Å². The van der Waals surface area contributed by atoms with E-state index < -0.39 is 0 Å².